The summed E-state index contributed by atoms with van der Waals surface area (Å²) in [4.78, 5) is 14.8. The van der Waals surface area contributed by atoms with Crippen molar-refractivity contribution >= 4 is 6.29 Å². The average Bonchev–Trinajstić information content (AvgIpc) is 2.38. The Morgan fingerprint density at radius 1 is 1.50 bits per heavy atom. The highest BCUT2D eigenvalue weighted by Crippen LogP contribution is 2.18. The maximum atomic E-state index is 10.7. The van der Waals surface area contributed by atoms with Gasteiger partial charge in [-0.05, 0) is 30.9 Å². The van der Waals surface area contributed by atoms with Crippen LogP contribution in [-0.2, 0) is 4.74 Å². The second-order valence-corrected chi connectivity index (χ2v) is 3.88. The largest absolute Gasteiger partial charge is 0.477 e. The third kappa shape index (κ3) is 2.79. The molecule has 1 fully saturated rings. The summed E-state index contributed by atoms with van der Waals surface area (Å²) in [6.07, 6.45) is 4.44. The minimum Gasteiger partial charge on any atom is -0.477 e. The van der Waals surface area contributed by atoms with Crippen molar-refractivity contribution in [3.63, 3.8) is 0 Å². The highest BCUT2D eigenvalue weighted by Gasteiger charge is 2.15. The number of ether oxygens (including phenoxy) is 2. The predicted molar refractivity (Wildman–Crippen MR) is 58.7 cm³/mol. The van der Waals surface area contributed by atoms with Gasteiger partial charge in [-0.25, -0.2) is 4.98 Å². The molecule has 0 bridgehead atoms. The Balaban J connectivity index is 1.90. The molecule has 0 unspecified atom stereocenters. The van der Waals surface area contributed by atoms with Crippen molar-refractivity contribution in [1.82, 2.24) is 4.98 Å². The molecule has 0 aliphatic carbocycles. The van der Waals surface area contributed by atoms with Gasteiger partial charge < -0.3 is 9.47 Å². The van der Waals surface area contributed by atoms with E-state index in [9.17, 15) is 4.79 Å². The summed E-state index contributed by atoms with van der Waals surface area (Å²) >= 11 is 0. The van der Waals surface area contributed by atoms with Crippen molar-refractivity contribution in [2.24, 2.45) is 5.92 Å². The fraction of sp³-hybridized carbons (Fsp3) is 0.500. The number of carbonyl (C=O) groups is 1. The molecule has 0 aromatic carbocycles. The molecule has 1 aromatic heterocycles. The van der Waals surface area contributed by atoms with E-state index in [2.05, 4.69) is 4.98 Å². The number of hydrogen-bond donors (Lipinski definition) is 0. The molecule has 2 heterocycles. The van der Waals surface area contributed by atoms with Crippen LogP contribution in [0.5, 0.6) is 5.88 Å². The van der Waals surface area contributed by atoms with E-state index in [1.807, 2.05) is 0 Å². The summed E-state index contributed by atoms with van der Waals surface area (Å²) in [5, 5.41) is 0. The Kier molecular flexibility index (Phi) is 3.88. The van der Waals surface area contributed by atoms with Gasteiger partial charge in [-0.15, -0.1) is 0 Å². The van der Waals surface area contributed by atoms with Crippen LogP contribution in [0.3, 0.4) is 0 Å². The molecule has 1 aliphatic rings. The Hall–Kier alpha value is -1.42. The maximum absolute atomic E-state index is 10.7. The summed E-state index contributed by atoms with van der Waals surface area (Å²) in [5.74, 6) is 0.944. The minimum atomic E-state index is 0.434. The monoisotopic (exact) mass is 221 g/mol. The highest BCUT2D eigenvalue weighted by atomic mass is 16.5. The van der Waals surface area contributed by atoms with Crippen molar-refractivity contribution < 1.29 is 14.3 Å². The van der Waals surface area contributed by atoms with Gasteiger partial charge in [0.05, 0.1) is 12.2 Å². The predicted octanol–water partition coefficient (Wildman–Crippen LogP) is 1.70. The van der Waals surface area contributed by atoms with E-state index in [-0.39, 0.29) is 0 Å². The van der Waals surface area contributed by atoms with Crippen molar-refractivity contribution in [2.75, 3.05) is 19.8 Å². The van der Waals surface area contributed by atoms with Gasteiger partial charge >= 0.3 is 0 Å². The van der Waals surface area contributed by atoms with Gasteiger partial charge in [0.2, 0.25) is 5.88 Å². The Morgan fingerprint density at radius 3 is 3.06 bits per heavy atom. The van der Waals surface area contributed by atoms with Crippen LogP contribution in [0, 0.1) is 5.92 Å². The number of rotatable bonds is 4. The molecule has 0 amide bonds. The second kappa shape index (κ2) is 5.61. The summed E-state index contributed by atoms with van der Waals surface area (Å²) in [5.41, 5.74) is 0.509. The maximum Gasteiger partial charge on any atom is 0.224 e. The van der Waals surface area contributed by atoms with Crippen molar-refractivity contribution in [1.29, 1.82) is 0 Å². The Bertz CT molecular complexity index is 348. The molecule has 1 saturated heterocycles. The van der Waals surface area contributed by atoms with E-state index in [0.717, 1.165) is 32.3 Å². The summed E-state index contributed by atoms with van der Waals surface area (Å²) in [6.45, 7) is 2.22. The van der Waals surface area contributed by atoms with Crippen LogP contribution in [0.1, 0.15) is 23.2 Å². The number of carbonyl (C=O) groups excluding carboxylic acids is 1. The number of hydrogen-bond acceptors (Lipinski definition) is 4. The molecule has 0 radical (unpaired) electrons. The van der Waals surface area contributed by atoms with E-state index in [1.54, 1.807) is 18.3 Å². The van der Waals surface area contributed by atoms with Gasteiger partial charge in [0.1, 0.15) is 0 Å². The van der Waals surface area contributed by atoms with Crippen LogP contribution in [0.4, 0.5) is 0 Å². The average molecular weight is 221 g/mol. The molecule has 1 aliphatic heterocycles. The van der Waals surface area contributed by atoms with Crippen molar-refractivity contribution in [2.45, 2.75) is 12.8 Å². The third-order valence-electron chi connectivity index (χ3n) is 2.72. The third-order valence-corrected chi connectivity index (χ3v) is 2.72. The van der Waals surface area contributed by atoms with Gasteiger partial charge in [-0.2, -0.15) is 0 Å². The summed E-state index contributed by atoms with van der Waals surface area (Å²) in [7, 11) is 0. The Morgan fingerprint density at radius 2 is 2.31 bits per heavy atom. The van der Waals surface area contributed by atoms with Crippen LogP contribution >= 0.6 is 0 Å². The topological polar surface area (TPSA) is 48.4 Å². The molecule has 0 saturated carbocycles. The van der Waals surface area contributed by atoms with E-state index >= 15 is 0 Å². The first-order chi connectivity index (χ1) is 7.90. The van der Waals surface area contributed by atoms with Crippen LogP contribution in [0.25, 0.3) is 0 Å². The zero-order chi connectivity index (χ0) is 11.2. The first-order valence-corrected chi connectivity index (χ1v) is 5.51. The molecule has 86 valence electrons. The molecular formula is C12H15NO3. The number of aromatic nitrogens is 1. The first kappa shape index (κ1) is 11.1. The lowest BCUT2D eigenvalue weighted by Gasteiger charge is -2.21. The lowest BCUT2D eigenvalue weighted by atomic mass is 10.0. The molecule has 0 N–H and O–H groups in total. The molecule has 0 spiro atoms. The Labute approximate surface area is 94.6 Å². The lowest BCUT2D eigenvalue weighted by molar-refractivity contribution is 0.0489. The zero-order valence-corrected chi connectivity index (χ0v) is 9.09. The second-order valence-electron chi connectivity index (χ2n) is 3.88. The van der Waals surface area contributed by atoms with Crippen LogP contribution in [0.15, 0.2) is 18.3 Å². The van der Waals surface area contributed by atoms with Crippen molar-refractivity contribution in [3.8, 4) is 5.88 Å². The van der Waals surface area contributed by atoms with E-state index in [0.29, 0.717) is 24.0 Å². The molecule has 4 nitrogen and oxygen atoms in total. The number of pyridine rings is 1. The molecule has 1 aromatic rings. The SMILES string of the molecule is O=Cc1cccnc1OCC1CCOCC1. The highest BCUT2D eigenvalue weighted by molar-refractivity contribution is 5.77. The van der Waals surface area contributed by atoms with E-state index in [1.165, 1.54) is 0 Å². The lowest BCUT2D eigenvalue weighted by Crippen LogP contribution is -2.21. The van der Waals surface area contributed by atoms with Crippen LogP contribution in [-0.4, -0.2) is 31.1 Å². The van der Waals surface area contributed by atoms with Gasteiger partial charge in [-0.1, -0.05) is 0 Å². The van der Waals surface area contributed by atoms with E-state index in [4.69, 9.17) is 9.47 Å². The van der Waals surface area contributed by atoms with Gasteiger partial charge in [0.15, 0.2) is 6.29 Å². The smallest absolute Gasteiger partial charge is 0.224 e. The number of aldehydes is 1. The van der Waals surface area contributed by atoms with Gasteiger partial charge in [0.25, 0.3) is 0 Å². The fourth-order valence-electron chi connectivity index (χ4n) is 1.72. The normalized spacial score (nSPS) is 17.0. The van der Waals surface area contributed by atoms with E-state index < -0.39 is 0 Å². The van der Waals surface area contributed by atoms with Crippen molar-refractivity contribution in [3.05, 3.63) is 23.9 Å². The van der Waals surface area contributed by atoms with Gasteiger partial charge in [0, 0.05) is 19.4 Å². The minimum absolute atomic E-state index is 0.434. The first-order valence-electron chi connectivity index (χ1n) is 5.51. The molecule has 16 heavy (non-hydrogen) atoms. The molecule has 0 atom stereocenters. The standard InChI is InChI=1S/C12H15NO3/c14-8-11-2-1-5-13-12(11)16-9-10-3-6-15-7-4-10/h1-2,5,8,10H,3-4,6-7,9H2. The molecule has 4 heteroatoms. The quantitative estimate of drug-likeness (QED) is 0.726. The zero-order valence-electron chi connectivity index (χ0n) is 9.09. The fourth-order valence-corrected chi connectivity index (χ4v) is 1.72. The number of nitrogens with zero attached hydrogens (tertiary/aromatic N) is 1. The van der Waals surface area contributed by atoms with Gasteiger partial charge in [-0.3, -0.25) is 4.79 Å². The molecular weight excluding hydrogens is 206 g/mol. The van der Waals surface area contributed by atoms with Crippen LogP contribution < -0.4 is 4.74 Å². The summed E-state index contributed by atoms with van der Waals surface area (Å²) < 4.78 is 10.8. The van der Waals surface area contributed by atoms with Crippen LogP contribution in [0.2, 0.25) is 0 Å². The molecule has 2 rings (SSSR count). The summed E-state index contributed by atoms with van der Waals surface area (Å²) in [6, 6.07) is 3.43.